The maximum atomic E-state index is 5.32. The molecule has 242 valence electrons. The molecule has 0 radical (unpaired) electrons. The number of fused-ring (bicyclic) bond motifs is 9. The lowest BCUT2D eigenvalue weighted by Gasteiger charge is -2.12. The first-order valence-corrected chi connectivity index (χ1v) is 18.9. The van der Waals surface area contributed by atoms with Crippen LogP contribution in [0.2, 0.25) is 0 Å². The van der Waals surface area contributed by atoms with E-state index >= 15 is 0 Å². The average molecular weight is 699 g/mol. The molecule has 0 saturated heterocycles. The summed E-state index contributed by atoms with van der Waals surface area (Å²) < 4.78 is 4.90. The van der Waals surface area contributed by atoms with Gasteiger partial charge in [-0.25, -0.2) is 19.9 Å². The van der Waals surface area contributed by atoms with Crippen molar-refractivity contribution in [2.24, 2.45) is 0 Å². The fraction of sp³-hybridized carbons (Fsp3) is 0. The highest BCUT2D eigenvalue weighted by Crippen LogP contribution is 2.42. The van der Waals surface area contributed by atoms with Crippen molar-refractivity contribution < 1.29 is 0 Å². The Bertz CT molecular complexity index is 3190. The van der Waals surface area contributed by atoms with E-state index in [1.165, 1.54) is 40.3 Å². The maximum absolute atomic E-state index is 5.32. The molecular weight excluding hydrogens is 673 g/mol. The minimum Gasteiger partial charge on any atom is -0.246 e. The van der Waals surface area contributed by atoms with Crippen LogP contribution in [0.3, 0.4) is 0 Å². The van der Waals surface area contributed by atoms with Gasteiger partial charge in [0.15, 0.2) is 17.5 Å². The average Bonchev–Trinajstić information content (AvgIpc) is 3.79. The molecule has 4 aromatic heterocycles. The largest absolute Gasteiger partial charge is 0.246 e. The van der Waals surface area contributed by atoms with Crippen molar-refractivity contribution in [3.05, 3.63) is 158 Å². The van der Waals surface area contributed by atoms with E-state index < -0.39 is 0 Å². The van der Waals surface area contributed by atoms with Gasteiger partial charge in [-0.15, -0.1) is 22.7 Å². The summed E-state index contributed by atoms with van der Waals surface area (Å²) in [6.07, 6.45) is 0. The molecule has 0 aliphatic rings. The topological polar surface area (TPSA) is 51.6 Å². The van der Waals surface area contributed by atoms with Crippen LogP contribution in [0.25, 0.3) is 107 Å². The van der Waals surface area contributed by atoms with Crippen LogP contribution in [-0.4, -0.2) is 19.9 Å². The molecule has 0 spiro atoms. The van der Waals surface area contributed by atoms with Gasteiger partial charge in [0.2, 0.25) is 0 Å². The molecule has 6 heteroatoms. The van der Waals surface area contributed by atoms with Crippen molar-refractivity contribution >= 4 is 84.7 Å². The van der Waals surface area contributed by atoms with E-state index in [0.29, 0.717) is 17.5 Å². The number of hydrogen-bond acceptors (Lipinski definition) is 6. The molecule has 4 heterocycles. The maximum Gasteiger partial charge on any atom is 0.165 e. The molecule has 0 aliphatic heterocycles. The number of thiophene rings is 2. The Morgan fingerprint density at radius 1 is 0.327 bits per heavy atom. The lowest BCUT2D eigenvalue weighted by atomic mass is 10.0. The smallest absolute Gasteiger partial charge is 0.165 e. The standard InChI is InChI=1S/C46H26N4S2/c1-2-13-30-27(11-1)12-9-19-35(30)45-48-44(49-46(50-45)37-20-10-18-33-31-14-5-7-21-38(31)51-42(33)37)29-25-23-28(24-26-29)40-32-15-3-4-16-34(32)43-41(47-40)36-17-6-8-22-39(36)52-43/h1-26H. The molecule has 0 atom stereocenters. The number of nitrogens with zero attached hydrogens (tertiary/aromatic N) is 4. The molecule has 0 N–H and O–H groups in total. The molecule has 0 amide bonds. The summed E-state index contributed by atoms with van der Waals surface area (Å²) in [6.45, 7) is 0. The Balaban J connectivity index is 1.10. The number of rotatable bonds is 4. The minimum atomic E-state index is 0.634. The second-order valence-corrected chi connectivity index (χ2v) is 15.1. The van der Waals surface area contributed by atoms with Gasteiger partial charge in [-0.3, -0.25) is 0 Å². The molecular formula is C46H26N4S2. The van der Waals surface area contributed by atoms with Gasteiger partial charge >= 0.3 is 0 Å². The summed E-state index contributed by atoms with van der Waals surface area (Å²) in [5, 5.41) is 8.28. The van der Waals surface area contributed by atoms with E-state index in [1.807, 2.05) is 11.3 Å². The summed E-state index contributed by atoms with van der Waals surface area (Å²) in [6, 6.07) is 55.4. The monoisotopic (exact) mass is 698 g/mol. The molecule has 4 nitrogen and oxygen atoms in total. The van der Waals surface area contributed by atoms with E-state index in [2.05, 4.69) is 158 Å². The Morgan fingerprint density at radius 2 is 0.846 bits per heavy atom. The lowest BCUT2D eigenvalue weighted by Crippen LogP contribution is -2.00. The molecule has 0 aliphatic carbocycles. The Kier molecular flexibility index (Phi) is 6.56. The van der Waals surface area contributed by atoms with Crippen molar-refractivity contribution in [3.8, 4) is 45.4 Å². The number of aromatic nitrogens is 4. The molecule has 11 rings (SSSR count). The Hall–Kier alpha value is -6.34. The van der Waals surface area contributed by atoms with Crippen LogP contribution in [-0.2, 0) is 0 Å². The Morgan fingerprint density at radius 3 is 1.67 bits per heavy atom. The van der Waals surface area contributed by atoms with Crippen LogP contribution in [0, 0.1) is 0 Å². The van der Waals surface area contributed by atoms with Crippen LogP contribution in [0.1, 0.15) is 0 Å². The van der Waals surface area contributed by atoms with E-state index in [4.69, 9.17) is 19.9 Å². The fourth-order valence-electron chi connectivity index (χ4n) is 7.47. The first-order chi connectivity index (χ1) is 25.8. The van der Waals surface area contributed by atoms with Gasteiger partial charge in [0, 0.05) is 63.3 Å². The first kappa shape index (κ1) is 29.4. The predicted octanol–water partition coefficient (Wildman–Crippen LogP) is 13.0. The predicted molar refractivity (Wildman–Crippen MR) is 220 cm³/mol. The summed E-state index contributed by atoms with van der Waals surface area (Å²) in [4.78, 5) is 20.9. The van der Waals surface area contributed by atoms with E-state index in [9.17, 15) is 0 Å². The molecule has 0 unspecified atom stereocenters. The Labute approximate surface area is 306 Å². The van der Waals surface area contributed by atoms with Crippen molar-refractivity contribution in [3.63, 3.8) is 0 Å². The molecule has 0 fully saturated rings. The summed E-state index contributed by atoms with van der Waals surface area (Å²) in [7, 11) is 0. The zero-order chi connectivity index (χ0) is 34.2. The highest BCUT2D eigenvalue weighted by atomic mass is 32.1. The second kappa shape index (κ2) is 11.6. The third-order valence-electron chi connectivity index (χ3n) is 9.95. The summed E-state index contributed by atoms with van der Waals surface area (Å²) in [5.74, 6) is 1.95. The third-order valence-corrected chi connectivity index (χ3v) is 12.4. The molecule has 0 bridgehead atoms. The molecule has 7 aromatic carbocycles. The minimum absolute atomic E-state index is 0.634. The van der Waals surface area contributed by atoms with Gasteiger partial charge in [-0.2, -0.15) is 0 Å². The third kappa shape index (κ3) is 4.58. The number of pyridine rings is 1. The van der Waals surface area contributed by atoms with E-state index in [-0.39, 0.29) is 0 Å². The van der Waals surface area contributed by atoms with Gasteiger partial charge in [0.1, 0.15) is 0 Å². The quantitative estimate of drug-likeness (QED) is 0.184. The molecule has 52 heavy (non-hydrogen) atoms. The van der Waals surface area contributed by atoms with Gasteiger partial charge < -0.3 is 0 Å². The molecule has 0 saturated carbocycles. The lowest BCUT2D eigenvalue weighted by molar-refractivity contribution is 1.08. The van der Waals surface area contributed by atoms with Crippen molar-refractivity contribution in [2.45, 2.75) is 0 Å². The van der Waals surface area contributed by atoms with Gasteiger partial charge in [-0.1, -0.05) is 140 Å². The van der Waals surface area contributed by atoms with Gasteiger partial charge in [0.25, 0.3) is 0 Å². The van der Waals surface area contributed by atoms with E-state index in [1.54, 1.807) is 11.3 Å². The first-order valence-electron chi connectivity index (χ1n) is 17.2. The highest BCUT2D eigenvalue weighted by Gasteiger charge is 2.19. The second-order valence-electron chi connectivity index (χ2n) is 13.0. The van der Waals surface area contributed by atoms with Crippen LogP contribution in [0.15, 0.2) is 158 Å². The van der Waals surface area contributed by atoms with Crippen LogP contribution < -0.4 is 0 Å². The fourth-order valence-corrected chi connectivity index (χ4v) is 9.87. The highest BCUT2D eigenvalue weighted by molar-refractivity contribution is 7.27. The van der Waals surface area contributed by atoms with Gasteiger partial charge in [-0.05, 0) is 29.0 Å². The summed E-state index contributed by atoms with van der Waals surface area (Å²) >= 11 is 3.60. The van der Waals surface area contributed by atoms with Crippen molar-refractivity contribution in [2.75, 3.05) is 0 Å². The SMILES string of the molecule is c1ccc2c(-c3nc(-c4ccc(-c5nc6c7ccccc7sc6c6ccccc56)cc4)nc(-c4cccc5c4sc4ccccc45)n3)cccc2c1. The van der Waals surface area contributed by atoms with E-state index in [0.717, 1.165) is 49.6 Å². The van der Waals surface area contributed by atoms with Gasteiger partial charge in [0.05, 0.1) is 15.9 Å². The number of benzene rings is 7. The van der Waals surface area contributed by atoms with Crippen LogP contribution in [0.5, 0.6) is 0 Å². The number of hydrogen-bond donors (Lipinski definition) is 0. The molecule has 11 aromatic rings. The zero-order valence-electron chi connectivity index (χ0n) is 27.6. The van der Waals surface area contributed by atoms with Crippen LogP contribution >= 0.6 is 22.7 Å². The zero-order valence-corrected chi connectivity index (χ0v) is 29.2. The summed E-state index contributed by atoms with van der Waals surface area (Å²) in [5.41, 5.74) is 5.99. The van der Waals surface area contributed by atoms with Crippen molar-refractivity contribution in [1.29, 1.82) is 0 Å². The normalized spacial score (nSPS) is 11.8. The van der Waals surface area contributed by atoms with Crippen LogP contribution in [0.4, 0.5) is 0 Å². The van der Waals surface area contributed by atoms with Crippen molar-refractivity contribution in [1.82, 2.24) is 19.9 Å².